The van der Waals surface area contributed by atoms with Gasteiger partial charge in [0.25, 0.3) is 5.91 Å². The quantitative estimate of drug-likeness (QED) is 0.337. The molecule has 0 unspecified atom stereocenters. The van der Waals surface area contributed by atoms with Crippen molar-refractivity contribution in [3.8, 4) is 6.07 Å². The van der Waals surface area contributed by atoms with Crippen molar-refractivity contribution in [2.45, 2.75) is 6.92 Å². The fourth-order valence-electron chi connectivity index (χ4n) is 1.94. The standard InChI is InChI=1S/C17H21N3O5/c1-2-25-17(24)13-3-5-15(6-4-13)19-12-14(11-18)16(23)20(7-9-21)8-10-22/h3-6,12,19,21-22H,2,7-10H2,1H3/b14-12-. The van der Waals surface area contributed by atoms with Crippen LogP contribution in [0.5, 0.6) is 0 Å². The van der Waals surface area contributed by atoms with Gasteiger partial charge in [-0.15, -0.1) is 0 Å². The second kappa shape index (κ2) is 10.8. The molecule has 25 heavy (non-hydrogen) atoms. The number of carbonyl (C=O) groups excluding carboxylic acids is 2. The third-order valence-corrected chi connectivity index (χ3v) is 3.16. The van der Waals surface area contributed by atoms with Gasteiger partial charge in [-0.1, -0.05) is 0 Å². The minimum Gasteiger partial charge on any atom is -0.462 e. The number of nitrogens with one attached hydrogen (secondary N) is 1. The molecule has 1 rings (SSSR count). The molecule has 0 aliphatic heterocycles. The number of amides is 1. The molecular weight excluding hydrogens is 326 g/mol. The van der Waals surface area contributed by atoms with Crippen molar-refractivity contribution in [2.24, 2.45) is 0 Å². The summed E-state index contributed by atoms with van der Waals surface area (Å²) in [5.41, 5.74) is 0.797. The summed E-state index contributed by atoms with van der Waals surface area (Å²) in [5.74, 6) is -1.03. The number of aliphatic hydroxyl groups excluding tert-OH is 2. The Bertz CT molecular complexity index is 643. The number of aliphatic hydroxyl groups is 2. The summed E-state index contributed by atoms with van der Waals surface area (Å²) in [6.07, 6.45) is 1.24. The lowest BCUT2D eigenvalue weighted by molar-refractivity contribution is -0.127. The van der Waals surface area contributed by atoms with E-state index in [9.17, 15) is 9.59 Å². The van der Waals surface area contributed by atoms with E-state index in [1.54, 1.807) is 37.3 Å². The number of rotatable bonds is 9. The maximum Gasteiger partial charge on any atom is 0.338 e. The monoisotopic (exact) mass is 347 g/mol. The second-order valence-electron chi connectivity index (χ2n) is 4.85. The molecule has 0 aromatic heterocycles. The van der Waals surface area contributed by atoms with Crippen molar-refractivity contribution in [3.05, 3.63) is 41.6 Å². The van der Waals surface area contributed by atoms with E-state index in [2.05, 4.69) is 5.32 Å². The number of hydrogen-bond donors (Lipinski definition) is 3. The molecule has 1 amide bonds. The zero-order chi connectivity index (χ0) is 18.7. The lowest BCUT2D eigenvalue weighted by Gasteiger charge is -2.20. The molecule has 134 valence electrons. The third-order valence-electron chi connectivity index (χ3n) is 3.16. The number of esters is 1. The molecule has 0 heterocycles. The molecule has 0 saturated heterocycles. The summed E-state index contributed by atoms with van der Waals surface area (Å²) in [6, 6.07) is 8.13. The van der Waals surface area contributed by atoms with Crippen LogP contribution in [0.25, 0.3) is 0 Å². The molecule has 1 aromatic carbocycles. The summed E-state index contributed by atoms with van der Waals surface area (Å²) in [6.45, 7) is 1.50. The highest BCUT2D eigenvalue weighted by atomic mass is 16.5. The minimum atomic E-state index is -0.596. The van der Waals surface area contributed by atoms with Crippen molar-refractivity contribution in [1.29, 1.82) is 5.26 Å². The molecule has 1 aromatic rings. The number of hydrogen-bond acceptors (Lipinski definition) is 7. The van der Waals surface area contributed by atoms with Gasteiger partial charge in [-0.3, -0.25) is 4.79 Å². The van der Waals surface area contributed by atoms with E-state index in [0.29, 0.717) is 11.3 Å². The Hall–Kier alpha value is -2.89. The van der Waals surface area contributed by atoms with Crippen LogP contribution in [-0.4, -0.2) is 59.9 Å². The first-order valence-corrected chi connectivity index (χ1v) is 7.72. The normalized spacial score (nSPS) is 10.7. The van der Waals surface area contributed by atoms with E-state index in [0.717, 1.165) is 0 Å². The highest BCUT2D eigenvalue weighted by Crippen LogP contribution is 2.12. The van der Waals surface area contributed by atoms with Gasteiger partial charge in [-0.2, -0.15) is 5.26 Å². The minimum absolute atomic E-state index is 0.0205. The Morgan fingerprint density at radius 2 is 1.84 bits per heavy atom. The molecule has 0 aliphatic carbocycles. The molecule has 0 spiro atoms. The molecule has 0 radical (unpaired) electrons. The number of nitriles is 1. The average molecular weight is 347 g/mol. The van der Waals surface area contributed by atoms with Crippen molar-refractivity contribution < 1.29 is 24.5 Å². The van der Waals surface area contributed by atoms with Gasteiger partial charge in [0.05, 0.1) is 25.4 Å². The second-order valence-corrected chi connectivity index (χ2v) is 4.85. The SMILES string of the molecule is CCOC(=O)c1ccc(N/C=C(/C#N)C(=O)N(CCO)CCO)cc1. The van der Waals surface area contributed by atoms with Gasteiger partial charge in [-0.05, 0) is 31.2 Å². The Morgan fingerprint density at radius 3 is 2.32 bits per heavy atom. The van der Waals surface area contributed by atoms with Crippen molar-refractivity contribution >= 4 is 17.6 Å². The van der Waals surface area contributed by atoms with E-state index in [1.807, 2.05) is 0 Å². The number of benzene rings is 1. The van der Waals surface area contributed by atoms with Crippen LogP contribution < -0.4 is 5.32 Å². The van der Waals surface area contributed by atoms with Crippen molar-refractivity contribution in [1.82, 2.24) is 4.90 Å². The number of ether oxygens (including phenoxy) is 1. The van der Waals surface area contributed by atoms with E-state index in [1.165, 1.54) is 11.1 Å². The zero-order valence-electron chi connectivity index (χ0n) is 13.9. The van der Waals surface area contributed by atoms with Gasteiger partial charge in [0, 0.05) is 25.0 Å². The number of anilines is 1. The van der Waals surface area contributed by atoms with Crippen LogP contribution in [-0.2, 0) is 9.53 Å². The van der Waals surface area contributed by atoms with Gasteiger partial charge in [0.2, 0.25) is 0 Å². The average Bonchev–Trinajstić information content (AvgIpc) is 2.62. The fourth-order valence-corrected chi connectivity index (χ4v) is 1.94. The van der Waals surface area contributed by atoms with Crippen LogP contribution in [0.15, 0.2) is 36.0 Å². The fraction of sp³-hybridized carbons (Fsp3) is 0.353. The summed E-state index contributed by atoms with van der Waals surface area (Å²) in [5, 5.41) is 29.9. The Balaban J connectivity index is 2.81. The topological polar surface area (TPSA) is 123 Å². The highest BCUT2D eigenvalue weighted by Gasteiger charge is 2.17. The van der Waals surface area contributed by atoms with Crippen LogP contribution >= 0.6 is 0 Å². The van der Waals surface area contributed by atoms with Crippen LogP contribution in [0, 0.1) is 11.3 Å². The van der Waals surface area contributed by atoms with Crippen LogP contribution in [0.1, 0.15) is 17.3 Å². The van der Waals surface area contributed by atoms with Crippen molar-refractivity contribution in [2.75, 3.05) is 38.2 Å². The lowest BCUT2D eigenvalue weighted by Crippen LogP contribution is -2.36. The predicted octanol–water partition coefficient (Wildman–Crippen LogP) is 0.496. The zero-order valence-corrected chi connectivity index (χ0v) is 13.9. The van der Waals surface area contributed by atoms with Crippen LogP contribution in [0.3, 0.4) is 0 Å². The first kappa shape index (κ1) is 20.2. The maximum atomic E-state index is 12.2. The molecule has 0 atom stereocenters. The summed E-state index contributed by atoms with van der Waals surface area (Å²) < 4.78 is 4.88. The van der Waals surface area contributed by atoms with Crippen molar-refractivity contribution in [3.63, 3.8) is 0 Å². The Kier molecular flexibility index (Phi) is 8.71. The molecule has 0 fully saturated rings. The largest absolute Gasteiger partial charge is 0.462 e. The molecule has 0 bridgehead atoms. The van der Waals surface area contributed by atoms with Gasteiger partial charge in [-0.25, -0.2) is 4.79 Å². The van der Waals surface area contributed by atoms with Gasteiger partial charge >= 0.3 is 5.97 Å². The Morgan fingerprint density at radius 1 is 1.24 bits per heavy atom. The van der Waals surface area contributed by atoms with Gasteiger partial charge in [0.15, 0.2) is 0 Å². The number of carbonyl (C=O) groups is 2. The first-order valence-electron chi connectivity index (χ1n) is 7.72. The highest BCUT2D eigenvalue weighted by molar-refractivity contribution is 5.97. The lowest BCUT2D eigenvalue weighted by atomic mass is 10.2. The molecule has 8 heteroatoms. The van der Waals surface area contributed by atoms with Gasteiger partial charge in [0.1, 0.15) is 11.6 Å². The van der Waals surface area contributed by atoms with Crippen LogP contribution in [0.2, 0.25) is 0 Å². The maximum absolute atomic E-state index is 12.2. The molecule has 0 saturated carbocycles. The van der Waals surface area contributed by atoms with Crippen LogP contribution in [0.4, 0.5) is 5.69 Å². The van der Waals surface area contributed by atoms with E-state index >= 15 is 0 Å². The molecule has 8 nitrogen and oxygen atoms in total. The van der Waals surface area contributed by atoms with E-state index in [4.69, 9.17) is 20.2 Å². The molecule has 0 aliphatic rings. The smallest absolute Gasteiger partial charge is 0.338 e. The summed E-state index contributed by atoms with van der Waals surface area (Å²) in [7, 11) is 0. The number of nitrogens with zero attached hydrogens (tertiary/aromatic N) is 2. The predicted molar refractivity (Wildman–Crippen MR) is 90.5 cm³/mol. The Labute approximate surface area is 145 Å². The first-order chi connectivity index (χ1) is 12.1. The summed E-state index contributed by atoms with van der Waals surface area (Å²) >= 11 is 0. The molecule has 3 N–H and O–H groups in total. The van der Waals surface area contributed by atoms with E-state index < -0.39 is 11.9 Å². The summed E-state index contributed by atoms with van der Waals surface area (Å²) in [4.78, 5) is 25.0. The molecular formula is C17H21N3O5. The third kappa shape index (κ3) is 6.25. The van der Waals surface area contributed by atoms with E-state index in [-0.39, 0.29) is 38.5 Å². The van der Waals surface area contributed by atoms with Gasteiger partial charge < -0.3 is 25.2 Å².